The number of aromatic nitrogens is 1. The first-order valence-corrected chi connectivity index (χ1v) is 9.27. The molecule has 0 spiro atoms. The monoisotopic (exact) mass is 364 g/mol. The Labute approximate surface area is 133 Å². The number of fused-ring (bicyclic) bond motifs is 1. The second-order valence-electron chi connectivity index (χ2n) is 5.27. The second kappa shape index (κ2) is 5.45. The maximum atomic E-state index is 12.6. The van der Waals surface area contributed by atoms with E-state index in [2.05, 4.69) is 10.3 Å². The van der Waals surface area contributed by atoms with Crippen LogP contribution in [0.1, 0.15) is 21.8 Å². The van der Waals surface area contributed by atoms with Gasteiger partial charge in [0.05, 0.1) is 21.7 Å². The number of benzene rings is 1. The van der Waals surface area contributed by atoms with Gasteiger partial charge in [0, 0.05) is 11.6 Å². The highest BCUT2D eigenvalue weighted by molar-refractivity contribution is 7.91. The summed E-state index contributed by atoms with van der Waals surface area (Å²) in [6.07, 6.45) is -4.18. The van der Waals surface area contributed by atoms with Crippen molar-refractivity contribution in [1.82, 2.24) is 10.3 Å². The fraction of sp³-hybridized carbons (Fsp3) is 0.385. The lowest BCUT2D eigenvalue weighted by molar-refractivity contribution is -0.137. The smallest absolute Gasteiger partial charge is 0.348 e. The first-order chi connectivity index (χ1) is 10.6. The molecule has 1 atom stereocenters. The molecule has 1 aliphatic rings. The Morgan fingerprint density at radius 1 is 1.35 bits per heavy atom. The van der Waals surface area contributed by atoms with Crippen LogP contribution in [-0.2, 0) is 16.0 Å². The van der Waals surface area contributed by atoms with Crippen molar-refractivity contribution in [3.63, 3.8) is 0 Å². The molecule has 23 heavy (non-hydrogen) atoms. The SMILES string of the molecule is O=C(NC1CCS(=O)(=O)C1)c1ccc2nc(C(F)(F)F)sc2c1. The van der Waals surface area contributed by atoms with E-state index in [0.717, 1.165) is 0 Å². The first-order valence-electron chi connectivity index (χ1n) is 6.63. The number of rotatable bonds is 2. The Bertz CT molecular complexity index is 874. The van der Waals surface area contributed by atoms with Gasteiger partial charge in [-0.25, -0.2) is 13.4 Å². The van der Waals surface area contributed by atoms with Gasteiger partial charge in [-0.1, -0.05) is 0 Å². The van der Waals surface area contributed by atoms with Crippen LogP contribution in [0.25, 0.3) is 10.2 Å². The van der Waals surface area contributed by atoms with Crippen LogP contribution in [0.5, 0.6) is 0 Å². The third-order valence-corrected chi connectivity index (χ3v) is 6.29. The number of halogens is 3. The molecule has 0 aliphatic carbocycles. The van der Waals surface area contributed by atoms with E-state index in [1.165, 1.54) is 18.2 Å². The Morgan fingerprint density at radius 3 is 2.70 bits per heavy atom. The molecule has 1 aromatic heterocycles. The summed E-state index contributed by atoms with van der Waals surface area (Å²) in [6, 6.07) is 3.60. The molecule has 2 heterocycles. The minimum absolute atomic E-state index is 0.0285. The van der Waals surface area contributed by atoms with Crippen molar-refractivity contribution < 1.29 is 26.4 Å². The molecule has 0 radical (unpaired) electrons. The maximum Gasteiger partial charge on any atom is 0.443 e. The number of carbonyl (C=O) groups is 1. The molecule has 1 aliphatic heterocycles. The van der Waals surface area contributed by atoms with Crippen molar-refractivity contribution in [1.29, 1.82) is 0 Å². The van der Waals surface area contributed by atoms with Crippen molar-refractivity contribution >= 4 is 37.3 Å². The molecule has 0 saturated carbocycles. The van der Waals surface area contributed by atoms with Crippen LogP contribution in [0, 0.1) is 0 Å². The van der Waals surface area contributed by atoms with Crippen molar-refractivity contribution in [2.45, 2.75) is 18.6 Å². The Hall–Kier alpha value is -1.68. The van der Waals surface area contributed by atoms with E-state index in [1.54, 1.807) is 0 Å². The van der Waals surface area contributed by atoms with Crippen LogP contribution in [0.3, 0.4) is 0 Å². The largest absolute Gasteiger partial charge is 0.443 e. The number of hydrogen-bond donors (Lipinski definition) is 1. The van der Waals surface area contributed by atoms with E-state index in [9.17, 15) is 26.4 Å². The lowest BCUT2D eigenvalue weighted by Gasteiger charge is -2.10. The lowest BCUT2D eigenvalue weighted by atomic mass is 10.2. The van der Waals surface area contributed by atoms with Crippen LogP contribution >= 0.6 is 11.3 Å². The summed E-state index contributed by atoms with van der Waals surface area (Å²) in [5.74, 6) is -0.587. The van der Waals surface area contributed by atoms with Gasteiger partial charge in [-0.2, -0.15) is 13.2 Å². The van der Waals surface area contributed by atoms with Gasteiger partial charge in [0.1, 0.15) is 0 Å². The molecule has 2 aromatic rings. The summed E-state index contributed by atoms with van der Waals surface area (Å²) in [5, 5.41) is 1.63. The summed E-state index contributed by atoms with van der Waals surface area (Å²) in [6.45, 7) is 0. The van der Waals surface area contributed by atoms with Gasteiger partial charge in [-0.05, 0) is 24.6 Å². The lowest BCUT2D eigenvalue weighted by Crippen LogP contribution is -2.35. The molecule has 1 saturated heterocycles. The zero-order chi connectivity index (χ0) is 16.8. The zero-order valence-electron chi connectivity index (χ0n) is 11.6. The molecule has 124 valence electrons. The number of alkyl halides is 3. The second-order valence-corrected chi connectivity index (χ2v) is 8.53. The van der Waals surface area contributed by atoms with Gasteiger partial charge in [-0.15, -0.1) is 11.3 Å². The minimum Gasteiger partial charge on any atom is -0.348 e. The summed E-state index contributed by atoms with van der Waals surface area (Å²) >= 11 is 0.466. The molecule has 1 N–H and O–H groups in total. The predicted molar refractivity (Wildman–Crippen MR) is 79.1 cm³/mol. The highest BCUT2D eigenvalue weighted by atomic mass is 32.2. The van der Waals surface area contributed by atoms with Gasteiger partial charge in [0.25, 0.3) is 5.91 Å². The molecule has 10 heteroatoms. The average Bonchev–Trinajstić information content (AvgIpc) is 3.00. The van der Waals surface area contributed by atoms with Gasteiger partial charge < -0.3 is 5.32 Å². The van der Waals surface area contributed by atoms with E-state index in [0.29, 0.717) is 17.8 Å². The number of hydrogen-bond acceptors (Lipinski definition) is 5. The van der Waals surface area contributed by atoms with Crippen molar-refractivity contribution in [2.24, 2.45) is 0 Å². The molecule has 1 fully saturated rings. The summed E-state index contributed by atoms with van der Waals surface area (Å²) in [4.78, 5) is 15.6. The van der Waals surface area contributed by atoms with E-state index in [1.807, 2.05) is 0 Å². The number of amides is 1. The van der Waals surface area contributed by atoms with E-state index >= 15 is 0 Å². The van der Waals surface area contributed by atoms with Crippen LogP contribution in [-0.4, -0.2) is 36.9 Å². The zero-order valence-corrected chi connectivity index (χ0v) is 13.2. The van der Waals surface area contributed by atoms with Crippen molar-refractivity contribution in [3.8, 4) is 0 Å². The van der Waals surface area contributed by atoms with Crippen LogP contribution < -0.4 is 5.32 Å². The average molecular weight is 364 g/mol. The summed E-state index contributed by atoms with van der Waals surface area (Å²) in [5.41, 5.74) is 0.349. The normalized spacial score (nSPS) is 20.7. The topological polar surface area (TPSA) is 76.1 Å². The van der Waals surface area contributed by atoms with E-state index in [4.69, 9.17) is 0 Å². The molecule has 0 bridgehead atoms. The summed E-state index contributed by atoms with van der Waals surface area (Å²) < 4.78 is 60.9. The number of nitrogens with zero attached hydrogens (tertiary/aromatic N) is 1. The number of nitrogens with one attached hydrogen (secondary N) is 1. The van der Waals surface area contributed by atoms with Gasteiger partial charge in [-0.3, -0.25) is 4.79 Å². The standard InChI is InChI=1S/C13H11F3N2O3S2/c14-13(15,16)12-18-9-2-1-7(5-10(9)22-12)11(19)17-8-3-4-23(20,21)6-8/h1-2,5,8H,3-4,6H2,(H,17,19). The fourth-order valence-electron chi connectivity index (χ4n) is 2.36. The number of carbonyl (C=O) groups excluding carboxylic acids is 1. The van der Waals surface area contributed by atoms with Crippen LogP contribution in [0.2, 0.25) is 0 Å². The maximum absolute atomic E-state index is 12.6. The Morgan fingerprint density at radius 2 is 2.09 bits per heavy atom. The molecule has 1 aromatic carbocycles. The molecule has 1 amide bonds. The Kier molecular flexibility index (Phi) is 3.83. The molecular weight excluding hydrogens is 353 g/mol. The highest BCUT2D eigenvalue weighted by Gasteiger charge is 2.35. The first kappa shape index (κ1) is 16.2. The third kappa shape index (κ3) is 3.47. The summed E-state index contributed by atoms with van der Waals surface area (Å²) in [7, 11) is -3.12. The van der Waals surface area contributed by atoms with Crippen LogP contribution in [0.15, 0.2) is 18.2 Å². The molecule has 5 nitrogen and oxygen atoms in total. The minimum atomic E-state index is -4.52. The number of thiazole rings is 1. The molecule has 1 unspecified atom stereocenters. The van der Waals surface area contributed by atoms with Crippen molar-refractivity contribution in [3.05, 3.63) is 28.8 Å². The number of sulfone groups is 1. The molecular formula is C13H11F3N2O3S2. The quantitative estimate of drug-likeness (QED) is 0.887. The highest BCUT2D eigenvalue weighted by Crippen LogP contribution is 2.35. The Balaban J connectivity index is 1.81. The van der Waals surface area contributed by atoms with E-state index in [-0.39, 0.29) is 27.3 Å². The third-order valence-electron chi connectivity index (χ3n) is 3.46. The van der Waals surface area contributed by atoms with Crippen LogP contribution in [0.4, 0.5) is 13.2 Å². The van der Waals surface area contributed by atoms with Gasteiger partial charge >= 0.3 is 6.18 Å². The fourth-order valence-corrected chi connectivity index (χ4v) is 4.91. The predicted octanol–water partition coefficient (Wildman–Crippen LogP) is 2.23. The van der Waals surface area contributed by atoms with Crippen molar-refractivity contribution in [2.75, 3.05) is 11.5 Å². The van der Waals surface area contributed by atoms with Gasteiger partial charge in [0.15, 0.2) is 14.8 Å². The molecule has 3 rings (SSSR count). The van der Waals surface area contributed by atoms with Gasteiger partial charge in [0.2, 0.25) is 0 Å². The van der Waals surface area contributed by atoms with E-state index < -0.39 is 33.0 Å².